The van der Waals surface area contributed by atoms with Crippen LogP contribution in [0.15, 0.2) is 91.8 Å². The van der Waals surface area contributed by atoms with E-state index in [9.17, 15) is 18.0 Å². The molecule has 0 aliphatic heterocycles. The van der Waals surface area contributed by atoms with E-state index < -0.39 is 17.8 Å². The summed E-state index contributed by atoms with van der Waals surface area (Å²) in [4.78, 5) is 31.8. The molecule has 0 radical (unpaired) electrons. The van der Waals surface area contributed by atoms with Crippen LogP contribution in [0, 0.1) is 6.92 Å². The topological polar surface area (TPSA) is 122 Å². The zero-order valence-electron chi connectivity index (χ0n) is 24.7. The van der Waals surface area contributed by atoms with Crippen LogP contribution in [0.1, 0.15) is 11.1 Å². The van der Waals surface area contributed by atoms with Crippen LogP contribution in [0.2, 0.25) is 0 Å². The number of fused-ring (bicyclic) bond motifs is 1. The molecule has 0 unspecified atom stereocenters. The number of rotatable bonds is 7. The van der Waals surface area contributed by atoms with Crippen molar-refractivity contribution in [2.75, 3.05) is 29.6 Å². The van der Waals surface area contributed by atoms with Crippen molar-refractivity contribution in [3.63, 3.8) is 0 Å². The molecular formula is C32H26F3N9O2. The van der Waals surface area contributed by atoms with Gasteiger partial charge < -0.3 is 20.3 Å². The minimum Gasteiger partial charge on any atom is -0.424 e. The number of nitrogens with zero attached hydrogens (tertiary/aromatic N) is 7. The predicted molar refractivity (Wildman–Crippen MR) is 167 cm³/mol. The summed E-state index contributed by atoms with van der Waals surface area (Å²) in [5, 5.41) is 9.41. The van der Waals surface area contributed by atoms with Gasteiger partial charge in [0.25, 0.3) is 0 Å². The van der Waals surface area contributed by atoms with E-state index in [0.29, 0.717) is 22.5 Å². The number of alkyl halides is 3. The molecule has 0 aliphatic rings. The van der Waals surface area contributed by atoms with Gasteiger partial charge in [0, 0.05) is 49.4 Å². The first-order valence-corrected chi connectivity index (χ1v) is 13.9. The van der Waals surface area contributed by atoms with Gasteiger partial charge in [-0.05, 0) is 54.4 Å². The molecule has 0 spiro atoms. The number of aryl methyl sites for hydroxylation is 1. The lowest BCUT2D eigenvalue weighted by molar-refractivity contribution is -0.137. The molecular weight excluding hydrogens is 599 g/mol. The van der Waals surface area contributed by atoms with Crippen LogP contribution in [-0.2, 0) is 6.18 Å². The van der Waals surface area contributed by atoms with E-state index in [1.165, 1.54) is 24.7 Å². The molecule has 2 N–H and O–H groups in total. The maximum Gasteiger partial charge on any atom is 0.416 e. The average molecular weight is 626 g/mol. The van der Waals surface area contributed by atoms with Crippen molar-refractivity contribution < 1.29 is 22.7 Å². The first-order chi connectivity index (χ1) is 22.0. The quantitative estimate of drug-likeness (QED) is 0.193. The number of aromatic nitrogens is 6. The Bertz CT molecular complexity index is 2030. The smallest absolute Gasteiger partial charge is 0.416 e. The minimum atomic E-state index is -4.60. The lowest BCUT2D eigenvalue weighted by atomic mass is 10.0. The lowest BCUT2D eigenvalue weighted by Crippen LogP contribution is -2.20. The van der Waals surface area contributed by atoms with Crippen molar-refractivity contribution in [3.8, 4) is 34.0 Å². The van der Waals surface area contributed by atoms with Gasteiger partial charge in [0.15, 0.2) is 5.65 Å². The van der Waals surface area contributed by atoms with Gasteiger partial charge in [-0.3, -0.25) is 4.98 Å². The SMILES string of the molecule is Cc1cncc(-c2ccc(C(F)(F)F)cc2NC(=O)Nc2cnc(Oc3ccc(-c4cnn5ccc(N(C)C)nc45)cc3)nc2)c1. The molecule has 0 bridgehead atoms. The number of amides is 2. The number of carbonyl (C=O) groups excluding carboxylic acids is 1. The Labute approximate surface area is 260 Å². The molecule has 11 nitrogen and oxygen atoms in total. The zero-order valence-corrected chi connectivity index (χ0v) is 24.7. The number of pyridine rings is 1. The Morgan fingerprint density at radius 2 is 1.63 bits per heavy atom. The van der Waals surface area contributed by atoms with E-state index in [4.69, 9.17) is 4.74 Å². The van der Waals surface area contributed by atoms with Crippen LogP contribution >= 0.6 is 0 Å². The predicted octanol–water partition coefficient (Wildman–Crippen LogP) is 7.08. The molecule has 2 amide bonds. The number of nitrogens with one attached hydrogen (secondary N) is 2. The zero-order chi connectivity index (χ0) is 32.4. The van der Waals surface area contributed by atoms with Crippen LogP contribution in [0.4, 0.5) is 35.2 Å². The number of anilines is 3. The average Bonchev–Trinajstić information content (AvgIpc) is 3.45. The monoisotopic (exact) mass is 625 g/mol. The van der Waals surface area contributed by atoms with Crippen molar-refractivity contribution in [2.45, 2.75) is 13.1 Å². The van der Waals surface area contributed by atoms with E-state index in [-0.39, 0.29) is 17.4 Å². The van der Waals surface area contributed by atoms with Crippen LogP contribution in [0.3, 0.4) is 0 Å². The van der Waals surface area contributed by atoms with Crippen LogP contribution < -0.4 is 20.3 Å². The number of hydrogen-bond acceptors (Lipinski definition) is 8. The fraction of sp³-hybridized carbons (Fsp3) is 0.125. The summed E-state index contributed by atoms with van der Waals surface area (Å²) >= 11 is 0. The van der Waals surface area contributed by atoms with E-state index in [1.807, 2.05) is 50.3 Å². The maximum absolute atomic E-state index is 13.4. The molecule has 0 saturated carbocycles. The molecule has 0 atom stereocenters. The summed E-state index contributed by atoms with van der Waals surface area (Å²) in [5.41, 5.74) is 3.45. The first kappa shape index (κ1) is 30.0. The second-order valence-corrected chi connectivity index (χ2v) is 10.5. The second kappa shape index (κ2) is 12.1. The highest BCUT2D eigenvalue weighted by Crippen LogP contribution is 2.36. The normalized spacial score (nSPS) is 11.3. The van der Waals surface area contributed by atoms with E-state index in [1.54, 1.807) is 35.1 Å². The Morgan fingerprint density at radius 3 is 2.33 bits per heavy atom. The fourth-order valence-electron chi connectivity index (χ4n) is 4.62. The summed E-state index contributed by atoms with van der Waals surface area (Å²) in [7, 11) is 3.84. The van der Waals surface area contributed by atoms with Crippen LogP contribution in [0.5, 0.6) is 11.8 Å². The summed E-state index contributed by atoms with van der Waals surface area (Å²) in [6.07, 6.45) is 4.78. The highest BCUT2D eigenvalue weighted by Gasteiger charge is 2.31. The Balaban J connectivity index is 1.13. The number of halogens is 3. The second-order valence-electron chi connectivity index (χ2n) is 10.5. The maximum atomic E-state index is 13.4. The van der Waals surface area contributed by atoms with E-state index >= 15 is 0 Å². The van der Waals surface area contributed by atoms with Gasteiger partial charge in [0.2, 0.25) is 0 Å². The molecule has 4 aromatic heterocycles. The fourth-order valence-corrected chi connectivity index (χ4v) is 4.62. The number of benzene rings is 2. The molecule has 6 rings (SSSR count). The third kappa shape index (κ3) is 6.55. The number of urea groups is 1. The third-order valence-corrected chi connectivity index (χ3v) is 6.85. The number of hydrogen-bond donors (Lipinski definition) is 2. The van der Waals surface area contributed by atoms with E-state index in [2.05, 4.69) is 35.7 Å². The minimum absolute atomic E-state index is 0.0269. The van der Waals surface area contributed by atoms with Gasteiger partial charge in [-0.25, -0.2) is 24.3 Å². The standard InChI is InChI=1S/C32H26F3N9O2/c1-19-12-21(15-36-14-19)25-9-6-22(32(33,34)35)13-27(25)41-30(45)40-23-16-37-31(38-17-23)46-24-7-4-20(5-8-24)26-18-39-44-11-10-28(43(2)3)42-29(26)44/h4-18H,1-3H3,(H2,40,41,45). The summed E-state index contributed by atoms with van der Waals surface area (Å²) in [5.74, 6) is 1.28. The molecule has 0 aliphatic carbocycles. The van der Waals surface area contributed by atoms with Crippen molar-refractivity contribution >= 4 is 28.9 Å². The van der Waals surface area contributed by atoms with Gasteiger partial charge in [0.05, 0.1) is 35.5 Å². The summed E-state index contributed by atoms with van der Waals surface area (Å²) < 4.78 is 47.8. The summed E-state index contributed by atoms with van der Waals surface area (Å²) in [6, 6.07) is 13.3. The van der Waals surface area contributed by atoms with Gasteiger partial charge in [-0.15, -0.1) is 0 Å². The highest BCUT2D eigenvalue weighted by atomic mass is 19.4. The Hall–Kier alpha value is -6.05. The van der Waals surface area contributed by atoms with Crippen molar-refractivity contribution in [3.05, 3.63) is 103 Å². The lowest BCUT2D eigenvalue weighted by Gasteiger charge is -2.15. The Morgan fingerprint density at radius 1 is 0.870 bits per heavy atom. The molecule has 46 heavy (non-hydrogen) atoms. The molecule has 232 valence electrons. The van der Waals surface area contributed by atoms with Crippen molar-refractivity contribution in [2.24, 2.45) is 0 Å². The van der Waals surface area contributed by atoms with Gasteiger partial charge in [-0.2, -0.15) is 18.3 Å². The molecule has 0 saturated heterocycles. The number of ether oxygens (including phenoxy) is 1. The largest absolute Gasteiger partial charge is 0.424 e. The van der Waals surface area contributed by atoms with Crippen LogP contribution in [0.25, 0.3) is 27.9 Å². The van der Waals surface area contributed by atoms with Gasteiger partial charge >= 0.3 is 18.2 Å². The first-order valence-electron chi connectivity index (χ1n) is 13.9. The van der Waals surface area contributed by atoms with Crippen molar-refractivity contribution in [1.82, 2.24) is 29.5 Å². The van der Waals surface area contributed by atoms with E-state index in [0.717, 1.165) is 34.6 Å². The molecule has 2 aromatic carbocycles. The third-order valence-electron chi connectivity index (χ3n) is 6.85. The molecule has 0 fully saturated rings. The van der Waals surface area contributed by atoms with Gasteiger partial charge in [-0.1, -0.05) is 18.2 Å². The molecule has 14 heteroatoms. The van der Waals surface area contributed by atoms with Crippen LogP contribution in [-0.4, -0.2) is 49.7 Å². The van der Waals surface area contributed by atoms with Gasteiger partial charge in [0.1, 0.15) is 11.6 Å². The molecule has 6 aromatic rings. The van der Waals surface area contributed by atoms with Crippen molar-refractivity contribution in [1.29, 1.82) is 0 Å². The Kier molecular flexibility index (Phi) is 7.92. The highest BCUT2D eigenvalue weighted by molar-refractivity contribution is 6.02. The number of carbonyl (C=O) groups is 1. The molecule has 4 heterocycles. The summed E-state index contributed by atoms with van der Waals surface area (Å²) in [6.45, 7) is 1.81.